The van der Waals surface area contributed by atoms with Crippen LogP contribution in [0.2, 0.25) is 0 Å². The molecule has 1 aromatic rings. The summed E-state index contributed by atoms with van der Waals surface area (Å²) in [4.78, 5) is 0. The maximum absolute atomic E-state index is 12.8. The molecule has 0 aliphatic carbocycles. The van der Waals surface area contributed by atoms with Gasteiger partial charge in [-0.05, 0) is 31.0 Å². The van der Waals surface area contributed by atoms with Gasteiger partial charge in [-0.1, -0.05) is 6.42 Å². The predicted octanol–water partition coefficient (Wildman–Crippen LogP) is 3.02. The first kappa shape index (κ1) is 12.1. The number of anilines is 2. The molecule has 0 aromatic heterocycles. The topological polar surface area (TPSA) is 41.3 Å². The van der Waals surface area contributed by atoms with Gasteiger partial charge < -0.3 is 11.2 Å². The molecule has 1 aliphatic heterocycles. The van der Waals surface area contributed by atoms with Crippen LogP contribution in [0.25, 0.3) is 0 Å². The second-order valence-corrected chi connectivity index (χ2v) is 4.31. The second kappa shape index (κ2) is 5.31. The van der Waals surface area contributed by atoms with Crippen molar-refractivity contribution in [3.05, 3.63) is 23.8 Å². The molecule has 3 nitrogen and oxygen atoms in total. The standard InChI is InChI=1S/C12H17F2N3/c13-12(14)10-8-9(15)4-5-11(10)16-17-6-2-1-3-7-17/h4-5,8,12,16H,1-3,6-7,15H2. The van der Waals surface area contributed by atoms with Crippen molar-refractivity contribution in [3.63, 3.8) is 0 Å². The molecule has 1 saturated heterocycles. The molecule has 0 bridgehead atoms. The summed E-state index contributed by atoms with van der Waals surface area (Å²) in [6.45, 7) is 1.79. The fourth-order valence-corrected chi connectivity index (χ4v) is 2.04. The first-order chi connectivity index (χ1) is 8.16. The average molecular weight is 241 g/mol. The molecular formula is C12H17F2N3. The molecule has 1 aromatic carbocycles. The van der Waals surface area contributed by atoms with Crippen molar-refractivity contribution in [3.8, 4) is 0 Å². The molecule has 17 heavy (non-hydrogen) atoms. The first-order valence-corrected chi connectivity index (χ1v) is 5.86. The van der Waals surface area contributed by atoms with Crippen LogP contribution in [0.4, 0.5) is 20.2 Å². The highest BCUT2D eigenvalue weighted by Gasteiger charge is 2.16. The molecule has 3 N–H and O–H groups in total. The molecule has 0 unspecified atom stereocenters. The van der Waals surface area contributed by atoms with Crippen molar-refractivity contribution in [2.75, 3.05) is 24.2 Å². The minimum absolute atomic E-state index is 0.0319. The quantitative estimate of drug-likeness (QED) is 0.799. The van der Waals surface area contributed by atoms with Crippen molar-refractivity contribution >= 4 is 11.4 Å². The zero-order valence-corrected chi connectivity index (χ0v) is 9.63. The van der Waals surface area contributed by atoms with Gasteiger partial charge in [-0.2, -0.15) is 0 Å². The fraction of sp³-hybridized carbons (Fsp3) is 0.500. The van der Waals surface area contributed by atoms with Crippen molar-refractivity contribution in [1.29, 1.82) is 0 Å². The van der Waals surface area contributed by atoms with Crippen LogP contribution in [0.15, 0.2) is 18.2 Å². The van der Waals surface area contributed by atoms with E-state index in [1.807, 2.05) is 5.01 Å². The number of hydrazine groups is 1. The summed E-state index contributed by atoms with van der Waals surface area (Å²) < 4.78 is 25.7. The Bertz CT molecular complexity index is 376. The predicted molar refractivity (Wildman–Crippen MR) is 64.9 cm³/mol. The Morgan fingerprint density at radius 1 is 1.18 bits per heavy atom. The smallest absolute Gasteiger partial charge is 0.265 e. The lowest BCUT2D eigenvalue weighted by Gasteiger charge is -2.28. The van der Waals surface area contributed by atoms with Gasteiger partial charge in [-0.25, -0.2) is 13.8 Å². The molecule has 0 atom stereocenters. The minimum atomic E-state index is -2.51. The zero-order chi connectivity index (χ0) is 12.3. The van der Waals surface area contributed by atoms with Gasteiger partial charge in [-0.3, -0.25) is 0 Å². The molecule has 94 valence electrons. The Labute approximate surface area is 99.6 Å². The van der Waals surface area contributed by atoms with Gasteiger partial charge in [0.05, 0.1) is 5.69 Å². The summed E-state index contributed by atoms with van der Waals surface area (Å²) in [7, 11) is 0. The van der Waals surface area contributed by atoms with Gasteiger partial charge >= 0.3 is 0 Å². The third kappa shape index (κ3) is 3.06. The number of alkyl halides is 2. The van der Waals surface area contributed by atoms with E-state index in [-0.39, 0.29) is 5.56 Å². The molecule has 0 spiro atoms. The molecule has 2 rings (SSSR count). The summed E-state index contributed by atoms with van der Waals surface area (Å²) in [6.07, 6.45) is 0.908. The van der Waals surface area contributed by atoms with E-state index in [2.05, 4.69) is 5.43 Å². The van der Waals surface area contributed by atoms with Gasteiger partial charge in [0.2, 0.25) is 0 Å². The van der Waals surface area contributed by atoms with Crippen LogP contribution in [-0.2, 0) is 0 Å². The van der Waals surface area contributed by atoms with Crippen LogP contribution in [0.1, 0.15) is 31.3 Å². The van der Waals surface area contributed by atoms with Crippen LogP contribution in [0.3, 0.4) is 0 Å². The molecular weight excluding hydrogens is 224 g/mol. The molecule has 0 saturated carbocycles. The maximum atomic E-state index is 12.8. The van der Waals surface area contributed by atoms with Gasteiger partial charge in [0.25, 0.3) is 6.43 Å². The lowest BCUT2D eigenvalue weighted by atomic mass is 10.1. The second-order valence-electron chi connectivity index (χ2n) is 4.31. The molecule has 5 heteroatoms. The number of halogens is 2. The minimum Gasteiger partial charge on any atom is -0.399 e. The number of piperidine rings is 1. The number of rotatable bonds is 3. The number of nitrogens with two attached hydrogens (primary N) is 1. The molecule has 0 amide bonds. The third-order valence-electron chi connectivity index (χ3n) is 2.95. The summed E-state index contributed by atoms with van der Waals surface area (Å²) in [5, 5.41) is 1.99. The fourth-order valence-electron chi connectivity index (χ4n) is 2.04. The molecule has 1 heterocycles. The Morgan fingerprint density at radius 3 is 2.53 bits per heavy atom. The van der Waals surface area contributed by atoms with Crippen LogP contribution in [0, 0.1) is 0 Å². The number of hydrogen-bond donors (Lipinski definition) is 2. The highest BCUT2D eigenvalue weighted by molar-refractivity contribution is 5.58. The Balaban J connectivity index is 2.13. The van der Waals surface area contributed by atoms with Gasteiger partial charge in [0, 0.05) is 24.3 Å². The summed E-state index contributed by atoms with van der Waals surface area (Å²) in [5.74, 6) is 0. The van der Waals surface area contributed by atoms with E-state index in [1.54, 1.807) is 12.1 Å². The highest BCUT2D eigenvalue weighted by atomic mass is 19.3. The van der Waals surface area contributed by atoms with Gasteiger partial charge in [0.1, 0.15) is 0 Å². The lowest BCUT2D eigenvalue weighted by Crippen LogP contribution is -2.35. The number of benzene rings is 1. The van der Waals surface area contributed by atoms with Crippen molar-refractivity contribution in [2.24, 2.45) is 0 Å². The molecule has 1 fully saturated rings. The van der Waals surface area contributed by atoms with Crippen LogP contribution >= 0.6 is 0 Å². The van der Waals surface area contributed by atoms with Crippen LogP contribution in [-0.4, -0.2) is 18.1 Å². The highest BCUT2D eigenvalue weighted by Crippen LogP contribution is 2.29. The monoisotopic (exact) mass is 241 g/mol. The van der Waals surface area contributed by atoms with Crippen molar-refractivity contribution in [1.82, 2.24) is 5.01 Å². The Morgan fingerprint density at radius 2 is 1.88 bits per heavy atom. The van der Waals surface area contributed by atoms with Crippen LogP contribution < -0.4 is 11.2 Å². The number of nitrogens with one attached hydrogen (secondary N) is 1. The van der Waals surface area contributed by atoms with E-state index in [0.29, 0.717) is 11.4 Å². The van der Waals surface area contributed by atoms with E-state index < -0.39 is 6.43 Å². The summed E-state index contributed by atoms with van der Waals surface area (Å²) in [6, 6.07) is 4.58. The maximum Gasteiger partial charge on any atom is 0.265 e. The average Bonchev–Trinajstić information content (AvgIpc) is 2.32. The van der Waals surface area contributed by atoms with E-state index in [9.17, 15) is 8.78 Å². The zero-order valence-electron chi connectivity index (χ0n) is 9.63. The largest absolute Gasteiger partial charge is 0.399 e. The number of nitrogens with zero attached hydrogens (tertiary/aromatic N) is 1. The Hall–Kier alpha value is -1.36. The normalized spacial score (nSPS) is 17.4. The van der Waals surface area contributed by atoms with Gasteiger partial charge in [0.15, 0.2) is 0 Å². The van der Waals surface area contributed by atoms with Crippen molar-refractivity contribution < 1.29 is 8.78 Å². The third-order valence-corrected chi connectivity index (χ3v) is 2.95. The summed E-state index contributed by atoms with van der Waals surface area (Å²) in [5.41, 5.74) is 9.37. The SMILES string of the molecule is Nc1ccc(NN2CCCCC2)c(C(F)F)c1. The first-order valence-electron chi connectivity index (χ1n) is 5.86. The Kier molecular flexibility index (Phi) is 3.78. The van der Waals surface area contributed by atoms with E-state index in [4.69, 9.17) is 5.73 Å². The molecule has 1 aliphatic rings. The molecule has 0 radical (unpaired) electrons. The van der Waals surface area contributed by atoms with Crippen LogP contribution in [0.5, 0.6) is 0 Å². The lowest BCUT2D eigenvalue weighted by molar-refractivity contribution is 0.151. The van der Waals surface area contributed by atoms with E-state index in [0.717, 1.165) is 25.9 Å². The van der Waals surface area contributed by atoms with Crippen molar-refractivity contribution in [2.45, 2.75) is 25.7 Å². The number of nitrogen functional groups attached to an aromatic ring is 1. The van der Waals surface area contributed by atoms with E-state index >= 15 is 0 Å². The van der Waals surface area contributed by atoms with E-state index in [1.165, 1.54) is 12.5 Å². The van der Waals surface area contributed by atoms with Gasteiger partial charge in [-0.15, -0.1) is 0 Å². The number of hydrogen-bond acceptors (Lipinski definition) is 3. The summed E-state index contributed by atoms with van der Waals surface area (Å²) >= 11 is 0.